The molecule has 1 aromatic heterocycles. The maximum Gasteiger partial charge on any atom is 0.0862 e. The molecule has 3 unspecified atom stereocenters. The molecule has 1 saturated carbocycles. The van der Waals surface area contributed by atoms with Gasteiger partial charge in [-0.3, -0.25) is 9.58 Å². The van der Waals surface area contributed by atoms with Gasteiger partial charge in [0, 0.05) is 12.6 Å². The third-order valence-electron chi connectivity index (χ3n) is 4.58. The molecule has 0 aromatic carbocycles. The molecule has 6 nitrogen and oxygen atoms in total. The smallest absolute Gasteiger partial charge is 0.0862 e. The van der Waals surface area contributed by atoms with Gasteiger partial charge in [-0.2, -0.15) is 5.10 Å². The van der Waals surface area contributed by atoms with Gasteiger partial charge in [-0.1, -0.05) is 12.8 Å². The minimum absolute atomic E-state index is 0.152. The molecule has 1 aliphatic carbocycles. The molecule has 4 N–H and O–H groups in total. The Hall–Kier alpha value is -1.11. The summed E-state index contributed by atoms with van der Waals surface area (Å²) in [6, 6.07) is 0.152. The number of aromatic nitrogens is 2. The molecular weight excluding hydrogens is 268 g/mol. The summed E-state index contributed by atoms with van der Waals surface area (Å²) in [6.07, 6.45) is 3.30. The molecule has 0 saturated heterocycles. The van der Waals surface area contributed by atoms with Crippen molar-refractivity contribution in [3.8, 4) is 0 Å². The minimum atomic E-state index is -0.526. The number of anilines is 1. The van der Waals surface area contributed by atoms with E-state index < -0.39 is 6.10 Å². The van der Waals surface area contributed by atoms with Gasteiger partial charge in [0.2, 0.25) is 0 Å². The second kappa shape index (κ2) is 6.77. The number of nitrogens with zero attached hydrogens (tertiary/aromatic N) is 3. The molecule has 21 heavy (non-hydrogen) atoms. The van der Waals surface area contributed by atoms with E-state index in [1.165, 1.54) is 0 Å². The lowest BCUT2D eigenvalue weighted by Gasteiger charge is -2.36. The van der Waals surface area contributed by atoms with Crippen LogP contribution in [0.1, 0.15) is 37.1 Å². The Morgan fingerprint density at radius 2 is 2.05 bits per heavy atom. The summed E-state index contributed by atoms with van der Waals surface area (Å²) < 4.78 is 1.76. The molecule has 0 bridgehead atoms. The van der Waals surface area contributed by atoms with Gasteiger partial charge in [0.15, 0.2) is 0 Å². The molecule has 120 valence electrons. The van der Waals surface area contributed by atoms with Crippen molar-refractivity contribution in [2.45, 2.75) is 64.3 Å². The maximum atomic E-state index is 10.3. The Balaban J connectivity index is 1.91. The van der Waals surface area contributed by atoms with Crippen LogP contribution >= 0.6 is 0 Å². The molecule has 2 rings (SSSR count). The Labute approximate surface area is 126 Å². The van der Waals surface area contributed by atoms with Crippen LogP contribution in [0, 0.1) is 13.8 Å². The summed E-state index contributed by atoms with van der Waals surface area (Å²) in [5, 5.41) is 24.7. The van der Waals surface area contributed by atoms with Gasteiger partial charge in [-0.25, -0.2) is 0 Å². The fraction of sp³-hybridized carbons (Fsp3) is 0.800. The zero-order valence-electron chi connectivity index (χ0n) is 13.3. The number of hydrogen-bond acceptors (Lipinski definition) is 5. The third kappa shape index (κ3) is 3.75. The van der Waals surface area contributed by atoms with E-state index in [-0.39, 0.29) is 12.1 Å². The van der Waals surface area contributed by atoms with Gasteiger partial charge in [0.1, 0.15) is 0 Å². The van der Waals surface area contributed by atoms with Crippen molar-refractivity contribution in [3.63, 3.8) is 0 Å². The lowest BCUT2D eigenvalue weighted by atomic mass is 9.91. The summed E-state index contributed by atoms with van der Waals surface area (Å²) in [4.78, 5) is 2.07. The van der Waals surface area contributed by atoms with E-state index >= 15 is 0 Å². The summed E-state index contributed by atoms with van der Waals surface area (Å²) in [6.45, 7) is 4.74. The van der Waals surface area contributed by atoms with E-state index in [9.17, 15) is 10.2 Å². The molecule has 1 aromatic rings. The fourth-order valence-corrected chi connectivity index (χ4v) is 3.22. The Bertz CT molecular complexity index is 474. The molecule has 3 atom stereocenters. The van der Waals surface area contributed by atoms with Crippen LogP contribution in [0.3, 0.4) is 0 Å². The van der Waals surface area contributed by atoms with E-state index in [1.54, 1.807) is 4.68 Å². The van der Waals surface area contributed by atoms with Crippen molar-refractivity contribution in [2.24, 2.45) is 0 Å². The number of nitrogen functional groups attached to an aromatic ring is 1. The molecule has 6 heteroatoms. The van der Waals surface area contributed by atoms with Gasteiger partial charge >= 0.3 is 0 Å². The zero-order chi connectivity index (χ0) is 15.6. The predicted octanol–water partition coefficient (Wildman–Crippen LogP) is 0.678. The Morgan fingerprint density at radius 1 is 1.38 bits per heavy atom. The first kappa shape index (κ1) is 16.3. The number of aliphatic hydroxyl groups is 2. The van der Waals surface area contributed by atoms with Crippen molar-refractivity contribution in [3.05, 3.63) is 11.4 Å². The second-order valence-corrected chi connectivity index (χ2v) is 6.28. The van der Waals surface area contributed by atoms with E-state index in [0.717, 1.165) is 37.1 Å². The van der Waals surface area contributed by atoms with E-state index in [4.69, 9.17) is 5.73 Å². The Morgan fingerprint density at radius 3 is 2.62 bits per heavy atom. The first-order valence-corrected chi connectivity index (χ1v) is 7.76. The van der Waals surface area contributed by atoms with Crippen molar-refractivity contribution < 1.29 is 10.2 Å². The van der Waals surface area contributed by atoms with Gasteiger partial charge in [0.05, 0.1) is 35.8 Å². The van der Waals surface area contributed by atoms with Crippen LogP contribution in [0.5, 0.6) is 0 Å². The standard InChI is InChI=1S/C15H28N4O2/c1-10-15(16)11(2)19(17-10)9-12(20)8-18(3)13-6-4-5-7-14(13)21/h12-14,20-21H,4-9,16H2,1-3H3. The highest BCUT2D eigenvalue weighted by Gasteiger charge is 2.27. The lowest BCUT2D eigenvalue weighted by Crippen LogP contribution is -2.46. The number of aliphatic hydroxyl groups excluding tert-OH is 2. The summed E-state index contributed by atoms with van der Waals surface area (Å²) in [7, 11) is 1.97. The predicted molar refractivity (Wildman–Crippen MR) is 83.0 cm³/mol. The van der Waals surface area contributed by atoms with Gasteiger partial charge in [0.25, 0.3) is 0 Å². The molecule has 1 aliphatic rings. The van der Waals surface area contributed by atoms with Gasteiger partial charge in [-0.05, 0) is 33.7 Å². The van der Waals surface area contributed by atoms with Crippen molar-refractivity contribution in [1.82, 2.24) is 14.7 Å². The number of rotatable bonds is 5. The van der Waals surface area contributed by atoms with Gasteiger partial charge in [-0.15, -0.1) is 0 Å². The topological polar surface area (TPSA) is 87.5 Å². The molecule has 0 spiro atoms. The quantitative estimate of drug-likeness (QED) is 0.743. The number of nitrogens with two attached hydrogens (primary N) is 1. The van der Waals surface area contributed by atoms with E-state index in [0.29, 0.717) is 18.8 Å². The molecule has 0 radical (unpaired) electrons. The largest absolute Gasteiger partial charge is 0.396 e. The second-order valence-electron chi connectivity index (χ2n) is 6.28. The first-order chi connectivity index (χ1) is 9.90. The molecule has 0 amide bonds. The summed E-state index contributed by atoms with van der Waals surface area (Å²) in [5.41, 5.74) is 8.30. The normalized spacial score (nSPS) is 24.5. The lowest BCUT2D eigenvalue weighted by molar-refractivity contribution is 0.00762. The minimum Gasteiger partial charge on any atom is -0.396 e. The SMILES string of the molecule is Cc1nn(CC(O)CN(C)C2CCCCC2O)c(C)c1N. The van der Waals surface area contributed by atoms with Crippen LogP contribution in [-0.4, -0.2) is 56.7 Å². The third-order valence-corrected chi connectivity index (χ3v) is 4.58. The molecule has 1 fully saturated rings. The highest BCUT2D eigenvalue weighted by molar-refractivity contribution is 5.46. The number of likely N-dealkylation sites (N-methyl/N-ethyl adjacent to an activating group) is 1. The first-order valence-electron chi connectivity index (χ1n) is 7.76. The molecule has 1 heterocycles. The summed E-state index contributed by atoms with van der Waals surface area (Å²) in [5.74, 6) is 0. The van der Waals surface area contributed by atoms with E-state index in [2.05, 4.69) is 10.00 Å². The van der Waals surface area contributed by atoms with Crippen LogP contribution in [0.25, 0.3) is 0 Å². The van der Waals surface area contributed by atoms with Crippen molar-refractivity contribution in [2.75, 3.05) is 19.3 Å². The van der Waals surface area contributed by atoms with E-state index in [1.807, 2.05) is 20.9 Å². The number of aryl methyl sites for hydroxylation is 1. The average Bonchev–Trinajstić information content (AvgIpc) is 2.66. The van der Waals surface area contributed by atoms with Crippen LogP contribution in [0.4, 0.5) is 5.69 Å². The summed E-state index contributed by atoms with van der Waals surface area (Å²) >= 11 is 0. The van der Waals surface area contributed by atoms with Crippen LogP contribution in [0.2, 0.25) is 0 Å². The Kier molecular flexibility index (Phi) is 5.24. The van der Waals surface area contributed by atoms with Crippen molar-refractivity contribution in [1.29, 1.82) is 0 Å². The highest BCUT2D eigenvalue weighted by atomic mass is 16.3. The van der Waals surface area contributed by atoms with Crippen molar-refractivity contribution >= 4 is 5.69 Å². The van der Waals surface area contributed by atoms with Crippen LogP contribution in [0.15, 0.2) is 0 Å². The highest BCUT2D eigenvalue weighted by Crippen LogP contribution is 2.22. The maximum absolute atomic E-state index is 10.3. The number of hydrogen-bond donors (Lipinski definition) is 3. The zero-order valence-corrected chi connectivity index (χ0v) is 13.3. The fourth-order valence-electron chi connectivity index (χ4n) is 3.22. The average molecular weight is 296 g/mol. The monoisotopic (exact) mass is 296 g/mol. The van der Waals surface area contributed by atoms with Crippen LogP contribution < -0.4 is 5.73 Å². The van der Waals surface area contributed by atoms with Gasteiger partial charge < -0.3 is 15.9 Å². The van der Waals surface area contributed by atoms with Crippen LogP contribution in [-0.2, 0) is 6.54 Å². The molecular formula is C15H28N4O2. The molecule has 0 aliphatic heterocycles.